The second-order valence-electron chi connectivity index (χ2n) is 7.47. The quantitative estimate of drug-likeness (QED) is 0.353. The molecule has 6 nitrogen and oxygen atoms in total. The van der Waals surface area contributed by atoms with Crippen molar-refractivity contribution in [1.29, 1.82) is 0 Å². The van der Waals surface area contributed by atoms with Gasteiger partial charge in [-0.15, -0.1) is 0 Å². The van der Waals surface area contributed by atoms with Gasteiger partial charge in [0.25, 0.3) is 11.8 Å². The number of fused-ring (bicyclic) bond motifs is 2. The number of hydrogen-bond donors (Lipinski definition) is 0. The van der Waals surface area contributed by atoms with Crippen molar-refractivity contribution >= 4 is 28.7 Å². The van der Waals surface area contributed by atoms with Crippen molar-refractivity contribution in [1.82, 2.24) is 9.88 Å². The minimum Gasteiger partial charge on any atom is -0.462 e. The molecule has 0 saturated carbocycles. The number of carbonyl (C=O) groups is 3. The van der Waals surface area contributed by atoms with Crippen LogP contribution >= 0.6 is 0 Å². The highest BCUT2D eigenvalue weighted by molar-refractivity contribution is 6.21. The summed E-state index contributed by atoms with van der Waals surface area (Å²) < 4.78 is 5.40. The summed E-state index contributed by atoms with van der Waals surface area (Å²) in [6.07, 6.45) is 1.12. The van der Waals surface area contributed by atoms with Crippen LogP contribution in [0.2, 0.25) is 0 Å². The number of carbonyl (C=O) groups excluding carboxylic acids is 3. The maximum atomic E-state index is 12.5. The number of aryl methyl sites for hydroxylation is 2. The Kier molecular flexibility index (Phi) is 5.31. The number of imide groups is 1. The van der Waals surface area contributed by atoms with Gasteiger partial charge in [0.15, 0.2) is 0 Å². The second kappa shape index (κ2) is 8.06. The molecule has 0 radical (unpaired) electrons. The SMILES string of the molecule is Cc1ccc2nc(C)c(C(=O)OCCCCN3C(=O)c4ccccc4C3=O)cc2c1. The standard InChI is InChI=1S/C24H22N2O4/c1-15-9-10-21-17(13-15)14-20(16(2)25-21)24(29)30-12-6-5-11-26-22(27)18-7-3-4-8-19(18)23(26)28/h3-4,7-10,13-14H,5-6,11-12H2,1-2H3. The molecule has 152 valence electrons. The zero-order chi connectivity index (χ0) is 21.3. The average molecular weight is 402 g/mol. The highest BCUT2D eigenvalue weighted by Crippen LogP contribution is 2.23. The lowest BCUT2D eigenvalue weighted by atomic mass is 10.1. The van der Waals surface area contributed by atoms with Crippen LogP contribution in [0.3, 0.4) is 0 Å². The van der Waals surface area contributed by atoms with Crippen molar-refractivity contribution in [2.45, 2.75) is 26.7 Å². The molecule has 0 spiro atoms. The number of esters is 1. The maximum absolute atomic E-state index is 12.5. The molecule has 0 aliphatic carbocycles. The Balaban J connectivity index is 1.31. The molecule has 1 aliphatic rings. The van der Waals surface area contributed by atoms with Crippen LogP contribution in [0.15, 0.2) is 48.5 Å². The maximum Gasteiger partial charge on any atom is 0.339 e. The van der Waals surface area contributed by atoms with E-state index < -0.39 is 5.97 Å². The lowest BCUT2D eigenvalue weighted by Gasteiger charge is -2.13. The van der Waals surface area contributed by atoms with Crippen LogP contribution < -0.4 is 0 Å². The van der Waals surface area contributed by atoms with E-state index >= 15 is 0 Å². The third-order valence-electron chi connectivity index (χ3n) is 5.27. The Bertz CT molecular complexity index is 1130. The van der Waals surface area contributed by atoms with E-state index in [1.54, 1.807) is 31.2 Å². The number of unbranched alkanes of at least 4 members (excludes halogenated alkanes) is 1. The molecule has 6 heteroatoms. The third kappa shape index (κ3) is 3.68. The molecule has 0 atom stereocenters. The van der Waals surface area contributed by atoms with E-state index in [0.29, 0.717) is 41.8 Å². The summed E-state index contributed by atoms with van der Waals surface area (Å²) in [5.74, 6) is -0.939. The van der Waals surface area contributed by atoms with Crippen molar-refractivity contribution < 1.29 is 19.1 Å². The van der Waals surface area contributed by atoms with E-state index in [-0.39, 0.29) is 18.4 Å². The van der Waals surface area contributed by atoms with E-state index in [2.05, 4.69) is 4.98 Å². The normalized spacial score (nSPS) is 13.1. The molecular formula is C24H22N2O4. The number of rotatable bonds is 6. The molecule has 30 heavy (non-hydrogen) atoms. The Morgan fingerprint density at radius 3 is 2.37 bits per heavy atom. The smallest absolute Gasteiger partial charge is 0.339 e. The first-order valence-corrected chi connectivity index (χ1v) is 9.96. The summed E-state index contributed by atoms with van der Waals surface area (Å²) in [6, 6.07) is 14.5. The van der Waals surface area contributed by atoms with Gasteiger partial charge in [0, 0.05) is 11.9 Å². The molecule has 0 saturated heterocycles. The van der Waals surface area contributed by atoms with Crippen LogP contribution in [0.1, 0.15) is 55.2 Å². The summed E-state index contributed by atoms with van der Waals surface area (Å²) >= 11 is 0. The summed E-state index contributed by atoms with van der Waals surface area (Å²) in [5, 5.41) is 0.901. The van der Waals surface area contributed by atoms with Crippen LogP contribution in [0.4, 0.5) is 0 Å². The van der Waals surface area contributed by atoms with Crippen molar-refractivity contribution in [2.75, 3.05) is 13.2 Å². The summed E-state index contributed by atoms with van der Waals surface area (Å²) in [4.78, 5) is 42.9. The van der Waals surface area contributed by atoms with Gasteiger partial charge in [0.1, 0.15) is 0 Å². The highest BCUT2D eigenvalue weighted by Gasteiger charge is 2.34. The van der Waals surface area contributed by atoms with Gasteiger partial charge in [-0.25, -0.2) is 4.79 Å². The number of benzene rings is 2. The monoisotopic (exact) mass is 402 g/mol. The first-order valence-electron chi connectivity index (χ1n) is 9.96. The van der Waals surface area contributed by atoms with Gasteiger partial charge < -0.3 is 4.74 Å². The second-order valence-corrected chi connectivity index (χ2v) is 7.47. The molecular weight excluding hydrogens is 380 g/mol. The summed E-state index contributed by atoms with van der Waals surface area (Å²) in [6.45, 7) is 4.30. The highest BCUT2D eigenvalue weighted by atomic mass is 16.5. The van der Waals surface area contributed by atoms with Gasteiger partial charge in [-0.2, -0.15) is 0 Å². The lowest BCUT2D eigenvalue weighted by molar-refractivity contribution is 0.0484. The van der Waals surface area contributed by atoms with Gasteiger partial charge >= 0.3 is 5.97 Å². The van der Waals surface area contributed by atoms with Gasteiger partial charge in [0.2, 0.25) is 0 Å². The number of nitrogens with zero attached hydrogens (tertiary/aromatic N) is 2. The van der Waals surface area contributed by atoms with Crippen LogP contribution in [-0.4, -0.2) is 40.8 Å². The Labute approximate surface area is 174 Å². The summed E-state index contributed by atoms with van der Waals surface area (Å²) in [7, 11) is 0. The lowest BCUT2D eigenvalue weighted by Crippen LogP contribution is -2.30. The first-order chi connectivity index (χ1) is 14.5. The summed E-state index contributed by atoms with van der Waals surface area (Å²) in [5.41, 5.74) is 3.92. The van der Waals surface area contributed by atoms with E-state index in [4.69, 9.17) is 4.74 Å². The topological polar surface area (TPSA) is 76.6 Å². The van der Waals surface area contributed by atoms with Crippen molar-refractivity contribution in [3.05, 3.63) is 76.5 Å². The van der Waals surface area contributed by atoms with Gasteiger partial charge in [-0.1, -0.05) is 23.8 Å². The third-order valence-corrected chi connectivity index (χ3v) is 5.27. The van der Waals surface area contributed by atoms with E-state index in [1.165, 1.54) is 4.90 Å². The van der Waals surface area contributed by atoms with Crippen LogP contribution in [0, 0.1) is 13.8 Å². The molecule has 2 amide bonds. The molecule has 1 aliphatic heterocycles. The average Bonchev–Trinajstić information content (AvgIpc) is 2.98. The Morgan fingerprint density at radius 1 is 0.967 bits per heavy atom. The molecule has 0 bridgehead atoms. The number of amides is 2. The largest absolute Gasteiger partial charge is 0.462 e. The number of pyridine rings is 1. The molecule has 2 heterocycles. The predicted molar refractivity (Wildman–Crippen MR) is 113 cm³/mol. The molecule has 0 fully saturated rings. The zero-order valence-corrected chi connectivity index (χ0v) is 17.0. The van der Waals surface area contributed by atoms with Gasteiger partial charge in [0.05, 0.1) is 34.5 Å². The molecule has 1 aromatic heterocycles. The number of ether oxygens (including phenoxy) is 1. The van der Waals surface area contributed by atoms with Crippen molar-refractivity contribution in [2.24, 2.45) is 0 Å². The Hall–Kier alpha value is -3.54. The van der Waals surface area contributed by atoms with Crippen LogP contribution in [0.5, 0.6) is 0 Å². The zero-order valence-electron chi connectivity index (χ0n) is 17.0. The number of aromatic nitrogens is 1. The fourth-order valence-electron chi connectivity index (χ4n) is 3.66. The van der Waals surface area contributed by atoms with E-state index in [9.17, 15) is 14.4 Å². The fraction of sp³-hybridized carbons (Fsp3) is 0.250. The Morgan fingerprint density at radius 2 is 1.67 bits per heavy atom. The first kappa shape index (κ1) is 19.8. The predicted octanol–water partition coefficient (Wildman–Crippen LogP) is 4.08. The van der Waals surface area contributed by atoms with E-state index in [0.717, 1.165) is 16.5 Å². The van der Waals surface area contributed by atoms with Crippen LogP contribution in [0.25, 0.3) is 10.9 Å². The van der Waals surface area contributed by atoms with Crippen molar-refractivity contribution in [3.8, 4) is 0 Å². The minimum absolute atomic E-state index is 0.216. The van der Waals surface area contributed by atoms with Gasteiger partial charge in [-0.3, -0.25) is 19.5 Å². The fourth-order valence-corrected chi connectivity index (χ4v) is 3.66. The molecule has 4 rings (SSSR count). The van der Waals surface area contributed by atoms with Gasteiger partial charge in [-0.05, 0) is 57.0 Å². The van der Waals surface area contributed by atoms with Crippen molar-refractivity contribution in [3.63, 3.8) is 0 Å². The number of hydrogen-bond acceptors (Lipinski definition) is 5. The molecule has 2 aromatic carbocycles. The molecule has 0 N–H and O–H groups in total. The molecule has 3 aromatic rings. The van der Waals surface area contributed by atoms with Crippen LogP contribution in [-0.2, 0) is 4.74 Å². The van der Waals surface area contributed by atoms with E-state index in [1.807, 2.05) is 31.2 Å². The minimum atomic E-state index is -0.413. The molecule has 0 unspecified atom stereocenters.